The molecule has 3 amide bonds. The standard InChI is InChI=1S/C16H22ClN3O3/c1-11-10-20(8-9-23-11)16(22)18-7-6-15(21)19-14-5-3-4-13(17)12(14)2/h3-5,11H,6-10H2,1-2H3,(H,18,22)(H,19,21)/t11-/m1/s1. The van der Waals surface area contributed by atoms with E-state index in [1.165, 1.54) is 0 Å². The summed E-state index contributed by atoms with van der Waals surface area (Å²) in [6.07, 6.45) is 0.251. The second-order valence-corrected chi connectivity index (χ2v) is 5.98. The van der Waals surface area contributed by atoms with Crippen LogP contribution in [0.4, 0.5) is 10.5 Å². The van der Waals surface area contributed by atoms with Crippen molar-refractivity contribution in [3.63, 3.8) is 0 Å². The number of morpholine rings is 1. The van der Waals surface area contributed by atoms with Gasteiger partial charge in [0.1, 0.15) is 0 Å². The van der Waals surface area contributed by atoms with E-state index in [-0.39, 0.29) is 31.0 Å². The zero-order valence-corrected chi connectivity index (χ0v) is 14.2. The summed E-state index contributed by atoms with van der Waals surface area (Å²) < 4.78 is 5.39. The molecule has 7 heteroatoms. The molecule has 1 aliphatic heterocycles. The van der Waals surface area contributed by atoms with Gasteiger partial charge in [-0.3, -0.25) is 4.79 Å². The van der Waals surface area contributed by atoms with Crippen molar-refractivity contribution in [2.45, 2.75) is 26.4 Å². The smallest absolute Gasteiger partial charge is 0.317 e. The number of halogens is 1. The van der Waals surface area contributed by atoms with Crippen LogP contribution < -0.4 is 10.6 Å². The molecule has 0 spiro atoms. The normalized spacial score (nSPS) is 17.7. The molecular weight excluding hydrogens is 318 g/mol. The second kappa shape index (κ2) is 8.17. The number of nitrogens with zero attached hydrogens (tertiary/aromatic N) is 1. The van der Waals surface area contributed by atoms with Gasteiger partial charge in [-0.1, -0.05) is 17.7 Å². The largest absolute Gasteiger partial charge is 0.375 e. The van der Waals surface area contributed by atoms with Crippen molar-refractivity contribution in [2.24, 2.45) is 0 Å². The molecule has 1 heterocycles. The van der Waals surface area contributed by atoms with Gasteiger partial charge in [0.25, 0.3) is 0 Å². The minimum atomic E-state index is -0.161. The Morgan fingerprint density at radius 1 is 1.43 bits per heavy atom. The number of hydrogen-bond donors (Lipinski definition) is 2. The van der Waals surface area contributed by atoms with Gasteiger partial charge in [0, 0.05) is 36.8 Å². The Hall–Kier alpha value is -1.79. The Labute approximate surface area is 141 Å². The van der Waals surface area contributed by atoms with E-state index in [0.29, 0.717) is 30.4 Å². The van der Waals surface area contributed by atoms with Gasteiger partial charge in [-0.15, -0.1) is 0 Å². The van der Waals surface area contributed by atoms with E-state index in [4.69, 9.17) is 16.3 Å². The quantitative estimate of drug-likeness (QED) is 0.885. The fraction of sp³-hybridized carbons (Fsp3) is 0.500. The first-order valence-corrected chi connectivity index (χ1v) is 8.04. The van der Waals surface area contributed by atoms with Crippen LogP contribution in [0.1, 0.15) is 18.9 Å². The highest BCUT2D eigenvalue weighted by Gasteiger charge is 2.21. The highest BCUT2D eigenvalue weighted by molar-refractivity contribution is 6.31. The fourth-order valence-electron chi connectivity index (χ4n) is 2.35. The Bertz CT molecular complexity index is 580. The van der Waals surface area contributed by atoms with E-state index in [0.717, 1.165) is 5.56 Å². The number of rotatable bonds is 4. The average Bonchev–Trinajstić information content (AvgIpc) is 2.52. The van der Waals surface area contributed by atoms with Crippen molar-refractivity contribution in [1.82, 2.24) is 10.2 Å². The number of carbonyl (C=O) groups is 2. The van der Waals surface area contributed by atoms with Crippen LogP contribution in [0.15, 0.2) is 18.2 Å². The highest BCUT2D eigenvalue weighted by atomic mass is 35.5. The van der Waals surface area contributed by atoms with Gasteiger partial charge in [0.05, 0.1) is 12.7 Å². The van der Waals surface area contributed by atoms with Gasteiger partial charge in [0.2, 0.25) is 5.91 Å². The number of urea groups is 1. The van der Waals surface area contributed by atoms with Crippen molar-refractivity contribution in [2.75, 3.05) is 31.6 Å². The Morgan fingerprint density at radius 2 is 2.22 bits per heavy atom. The summed E-state index contributed by atoms with van der Waals surface area (Å²) in [5.41, 5.74) is 1.52. The molecule has 126 valence electrons. The summed E-state index contributed by atoms with van der Waals surface area (Å²) in [5, 5.41) is 6.17. The van der Waals surface area contributed by atoms with Crippen molar-refractivity contribution >= 4 is 29.2 Å². The molecular formula is C16H22ClN3O3. The predicted octanol–water partition coefficient (Wildman–Crippen LogP) is 2.41. The van der Waals surface area contributed by atoms with E-state index in [1.54, 1.807) is 23.1 Å². The van der Waals surface area contributed by atoms with Crippen molar-refractivity contribution in [3.8, 4) is 0 Å². The third-order valence-corrected chi connectivity index (χ3v) is 4.11. The molecule has 0 aliphatic carbocycles. The van der Waals surface area contributed by atoms with Crippen LogP contribution in [0.3, 0.4) is 0 Å². The molecule has 23 heavy (non-hydrogen) atoms. The van der Waals surface area contributed by atoms with Crippen LogP contribution in [0.25, 0.3) is 0 Å². The molecule has 0 unspecified atom stereocenters. The summed E-state index contributed by atoms with van der Waals surface area (Å²) in [4.78, 5) is 25.6. The lowest BCUT2D eigenvalue weighted by Gasteiger charge is -2.31. The number of nitrogens with one attached hydrogen (secondary N) is 2. The van der Waals surface area contributed by atoms with E-state index in [9.17, 15) is 9.59 Å². The van der Waals surface area contributed by atoms with Gasteiger partial charge < -0.3 is 20.3 Å². The minimum Gasteiger partial charge on any atom is -0.375 e. The van der Waals surface area contributed by atoms with Gasteiger partial charge in [-0.25, -0.2) is 4.79 Å². The SMILES string of the molecule is Cc1c(Cl)cccc1NC(=O)CCNC(=O)N1CCO[C@H](C)C1. The van der Waals surface area contributed by atoms with Crippen LogP contribution in [0.2, 0.25) is 5.02 Å². The molecule has 0 saturated carbocycles. The number of amides is 3. The van der Waals surface area contributed by atoms with E-state index in [2.05, 4.69) is 10.6 Å². The average molecular weight is 340 g/mol. The van der Waals surface area contributed by atoms with Crippen LogP contribution in [-0.2, 0) is 9.53 Å². The first-order valence-electron chi connectivity index (χ1n) is 7.66. The Balaban J connectivity index is 1.74. The molecule has 6 nitrogen and oxygen atoms in total. The number of ether oxygens (including phenoxy) is 1. The van der Waals surface area contributed by atoms with Gasteiger partial charge in [0.15, 0.2) is 0 Å². The van der Waals surface area contributed by atoms with Crippen molar-refractivity contribution in [3.05, 3.63) is 28.8 Å². The second-order valence-electron chi connectivity index (χ2n) is 5.57. The third-order valence-electron chi connectivity index (χ3n) is 3.70. The lowest BCUT2D eigenvalue weighted by atomic mass is 10.2. The summed E-state index contributed by atoms with van der Waals surface area (Å²) in [6, 6.07) is 5.20. The van der Waals surface area contributed by atoms with Gasteiger partial charge in [-0.05, 0) is 31.5 Å². The summed E-state index contributed by atoms with van der Waals surface area (Å²) in [5.74, 6) is -0.161. The molecule has 2 rings (SSSR count). The molecule has 1 aliphatic rings. The topological polar surface area (TPSA) is 70.7 Å². The van der Waals surface area contributed by atoms with Gasteiger partial charge in [-0.2, -0.15) is 0 Å². The first kappa shape index (κ1) is 17.6. The van der Waals surface area contributed by atoms with Crippen LogP contribution in [0, 0.1) is 6.92 Å². The summed E-state index contributed by atoms with van der Waals surface area (Å²) in [6.45, 7) is 5.75. The maximum absolute atomic E-state index is 12.0. The summed E-state index contributed by atoms with van der Waals surface area (Å²) >= 11 is 6.02. The van der Waals surface area contributed by atoms with E-state index in [1.807, 2.05) is 13.8 Å². The lowest BCUT2D eigenvalue weighted by molar-refractivity contribution is -0.116. The zero-order valence-electron chi connectivity index (χ0n) is 13.4. The third kappa shape index (κ3) is 5.11. The number of carbonyl (C=O) groups excluding carboxylic acids is 2. The number of hydrogen-bond acceptors (Lipinski definition) is 3. The zero-order chi connectivity index (χ0) is 16.8. The predicted molar refractivity (Wildman–Crippen MR) is 89.8 cm³/mol. The van der Waals surface area contributed by atoms with Crippen LogP contribution in [0.5, 0.6) is 0 Å². The van der Waals surface area contributed by atoms with E-state index >= 15 is 0 Å². The van der Waals surface area contributed by atoms with Gasteiger partial charge >= 0.3 is 6.03 Å². The molecule has 0 aromatic heterocycles. The van der Waals surface area contributed by atoms with Crippen LogP contribution in [-0.4, -0.2) is 49.2 Å². The molecule has 2 N–H and O–H groups in total. The Morgan fingerprint density at radius 3 is 2.96 bits per heavy atom. The Kier molecular flexibility index (Phi) is 6.24. The van der Waals surface area contributed by atoms with E-state index < -0.39 is 0 Å². The molecule has 1 fully saturated rings. The maximum atomic E-state index is 12.0. The molecule has 0 bridgehead atoms. The number of benzene rings is 1. The van der Waals surface area contributed by atoms with Crippen molar-refractivity contribution in [1.29, 1.82) is 0 Å². The first-order chi connectivity index (χ1) is 11.0. The minimum absolute atomic E-state index is 0.0450. The monoisotopic (exact) mass is 339 g/mol. The van der Waals surface area contributed by atoms with Crippen molar-refractivity contribution < 1.29 is 14.3 Å². The maximum Gasteiger partial charge on any atom is 0.317 e. The lowest BCUT2D eigenvalue weighted by Crippen LogP contribution is -2.49. The van der Waals surface area contributed by atoms with Crippen LogP contribution >= 0.6 is 11.6 Å². The molecule has 1 atom stereocenters. The summed E-state index contributed by atoms with van der Waals surface area (Å²) in [7, 11) is 0. The molecule has 1 aromatic rings. The fourth-order valence-corrected chi connectivity index (χ4v) is 2.53. The molecule has 1 aromatic carbocycles. The molecule has 1 saturated heterocycles. The highest BCUT2D eigenvalue weighted by Crippen LogP contribution is 2.22. The molecule has 0 radical (unpaired) electrons. The number of anilines is 1.